The number of nitrogens with zero attached hydrogens (tertiary/aromatic N) is 1. The SMILES string of the molecule is Cc1ccc(NC(=O)ON(Cc2ccccc2Cl)C(=O)C(C)(C)CCl)cc1. The predicted octanol–water partition coefficient (Wildman–Crippen LogP) is 5.41. The number of rotatable bonds is 5. The van der Waals surface area contributed by atoms with E-state index in [9.17, 15) is 9.59 Å². The Morgan fingerprint density at radius 2 is 1.74 bits per heavy atom. The fraction of sp³-hybridized carbons (Fsp3) is 0.300. The number of aryl methyl sites for hydroxylation is 1. The van der Waals surface area contributed by atoms with Crippen LogP contribution in [0.4, 0.5) is 10.5 Å². The molecule has 0 radical (unpaired) electrons. The van der Waals surface area contributed by atoms with Crippen LogP contribution in [0.3, 0.4) is 0 Å². The number of carbonyl (C=O) groups excluding carboxylic acids is 2. The first kappa shape index (κ1) is 21.1. The molecule has 144 valence electrons. The number of benzene rings is 2. The van der Waals surface area contributed by atoms with Crippen molar-refractivity contribution in [2.45, 2.75) is 27.3 Å². The molecule has 0 unspecified atom stereocenters. The zero-order valence-corrected chi connectivity index (χ0v) is 17.0. The number of nitrogens with one attached hydrogen (secondary N) is 1. The van der Waals surface area contributed by atoms with Gasteiger partial charge in [0.25, 0.3) is 5.91 Å². The molecular formula is C20H22Cl2N2O3. The normalized spacial score (nSPS) is 11.0. The molecule has 0 bridgehead atoms. The predicted molar refractivity (Wildman–Crippen MR) is 108 cm³/mol. The first-order valence-corrected chi connectivity index (χ1v) is 9.31. The third-order valence-corrected chi connectivity index (χ3v) is 4.94. The molecule has 0 spiro atoms. The van der Waals surface area contributed by atoms with Crippen molar-refractivity contribution >= 4 is 40.9 Å². The van der Waals surface area contributed by atoms with Crippen LogP contribution in [0, 0.1) is 12.3 Å². The molecule has 2 rings (SSSR count). The molecule has 0 atom stereocenters. The largest absolute Gasteiger partial charge is 0.436 e. The standard InChI is InChI=1S/C20H22Cl2N2O3/c1-14-8-10-16(11-9-14)23-19(26)27-24(18(25)20(2,3)13-21)12-15-6-4-5-7-17(15)22/h4-11H,12-13H2,1-3H3,(H,23,26). The van der Waals surface area contributed by atoms with Crippen LogP contribution in [0.2, 0.25) is 5.02 Å². The lowest BCUT2D eigenvalue weighted by Gasteiger charge is -2.29. The van der Waals surface area contributed by atoms with Gasteiger partial charge in [0.15, 0.2) is 0 Å². The number of alkyl halides is 1. The fourth-order valence-corrected chi connectivity index (χ4v) is 2.51. The molecular weight excluding hydrogens is 387 g/mol. The van der Waals surface area contributed by atoms with E-state index in [1.165, 1.54) is 0 Å². The van der Waals surface area contributed by atoms with Crippen molar-refractivity contribution in [2.75, 3.05) is 11.2 Å². The van der Waals surface area contributed by atoms with Crippen LogP contribution in [-0.4, -0.2) is 22.9 Å². The van der Waals surface area contributed by atoms with E-state index < -0.39 is 17.4 Å². The summed E-state index contributed by atoms with van der Waals surface area (Å²) in [6.45, 7) is 5.33. The minimum absolute atomic E-state index is 0.0140. The van der Waals surface area contributed by atoms with Crippen molar-refractivity contribution in [1.82, 2.24) is 5.06 Å². The molecule has 5 nitrogen and oxygen atoms in total. The Bertz CT molecular complexity index is 807. The van der Waals surface area contributed by atoms with Crippen LogP contribution >= 0.6 is 23.2 Å². The molecule has 0 heterocycles. The van der Waals surface area contributed by atoms with E-state index in [0.29, 0.717) is 16.3 Å². The Hall–Kier alpha value is -2.24. The summed E-state index contributed by atoms with van der Waals surface area (Å²) in [5, 5.41) is 4.07. The molecule has 0 saturated heterocycles. The second-order valence-electron chi connectivity index (χ2n) is 6.82. The molecule has 2 aromatic rings. The van der Waals surface area contributed by atoms with Crippen molar-refractivity contribution in [3.8, 4) is 0 Å². The lowest BCUT2D eigenvalue weighted by atomic mass is 9.95. The molecule has 7 heteroatoms. The maximum Gasteiger partial charge on any atom is 0.436 e. The van der Waals surface area contributed by atoms with E-state index in [-0.39, 0.29) is 12.4 Å². The lowest BCUT2D eigenvalue weighted by molar-refractivity contribution is -0.176. The molecule has 2 amide bonds. The van der Waals surface area contributed by atoms with Crippen LogP contribution in [0.5, 0.6) is 0 Å². The van der Waals surface area contributed by atoms with Gasteiger partial charge in [-0.1, -0.05) is 47.5 Å². The average Bonchev–Trinajstić information content (AvgIpc) is 2.64. The van der Waals surface area contributed by atoms with E-state index >= 15 is 0 Å². The highest BCUT2D eigenvalue weighted by Gasteiger charge is 2.34. The van der Waals surface area contributed by atoms with Crippen LogP contribution in [0.25, 0.3) is 0 Å². The molecule has 0 fully saturated rings. The van der Waals surface area contributed by atoms with Gasteiger partial charge in [-0.3, -0.25) is 10.1 Å². The van der Waals surface area contributed by atoms with E-state index in [1.807, 2.05) is 19.1 Å². The van der Waals surface area contributed by atoms with Gasteiger partial charge in [-0.2, -0.15) is 5.06 Å². The molecule has 0 aliphatic rings. The maximum absolute atomic E-state index is 12.8. The average molecular weight is 409 g/mol. The summed E-state index contributed by atoms with van der Waals surface area (Å²) in [4.78, 5) is 30.5. The highest BCUT2D eigenvalue weighted by molar-refractivity contribution is 6.31. The van der Waals surface area contributed by atoms with Crippen LogP contribution in [0.15, 0.2) is 48.5 Å². The minimum Gasteiger partial charge on any atom is -0.318 e. The highest BCUT2D eigenvalue weighted by Crippen LogP contribution is 2.25. The first-order chi connectivity index (χ1) is 12.7. The van der Waals surface area contributed by atoms with Gasteiger partial charge in [0.2, 0.25) is 0 Å². The summed E-state index contributed by atoms with van der Waals surface area (Å²) in [7, 11) is 0. The number of halogens is 2. The molecule has 0 aromatic heterocycles. The minimum atomic E-state index is -0.910. The Kier molecular flexibility index (Phi) is 7.11. The van der Waals surface area contributed by atoms with Gasteiger partial charge < -0.3 is 4.84 Å². The Labute approximate surface area is 169 Å². The van der Waals surface area contributed by atoms with E-state index in [2.05, 4.69) is 5.32 Å². The van der Waals surface area contributed by atoms with Gasteiger partial charge in [-0.25, -0.2) is 4.79 Å². The zero-order chi connectivity index (χ0) is 20.0. The van der Waals surface area contributed by atoms with Gasteiger partial charge in [0, 0.05) is 16.6 Å². The van der Waals surface area contributed by atoms with E-state index in [4.69, 9.17) is 28.0 Å². The third kappa shape index (κ3) is 5.88. The van der Waals surface area contributed by atoms with Crippen molar-refractivity contribution < 1.29 is 14.4 Å². The van der Waals surface area contributed by atoms with Crippen LogP contribution in [-0.2, 0) is 16.2 Å². The summed E-state index contributed by atoms with van der Waals surface area (Å²) in [6, 6.07) is 14.3. The number of hydrogen-bond donors (Lipinski definition) is 1. The van der Waals surface area contributed by atoms with Crippen LogP contribution < -0.4 is 5.32 Å². The second kappa shape index (κ2) is 9.11. The van der Waals surface area contributed by atoms with Crippen LogP contribution in [0.1, 0.15) is 25.0 Å². The quantitative estimate of drug-likeness (QED) is 0.531. The molecule has 0 aliphatic heterocycles. The monoisotopic (exact) mass is 408 g/mol. The van der Waals surface area contributed by atoms with Crippen molar-refractivity contribution in [2.24, 2.45) is 5.41 Å². The molecule has 1 N–H and O–H groups in total. The third-order valence-electron chi connectivity index (χ3n) is 3.90. The number of carbonyl (C=O) groups is 2. The molecule has 0 aliphatic carbocycles. The molecule has 0 saturated carbocycles. The second-order valence-corrected chi connectivity index (χ2v) is 7.49. The number of hydroxylamine groups is 2. The zero-order valence-electron chi connectivity index (χ0n) is 15.5. The molecule has 27 heavy (non-hydrogen) atoms. The van der Waals surface area contributed by atoms with Gasteiger partial charge in [0.1, 0.15) is 0 Å². The summed E-state index contributed by atoms with van der Waals surface area (Å²) in [5.74, 6) is -0.343. The van der Waals surface area contributed by atoms with Gasteiger partial charge in [-0.05, 0) is 44.5 Å². The highest BCUT2D eigenvalue weighted by atomic mass is 35.5. The summed E-state index contributed by atoms with van der Waals surface area (Å²) < 4.78 is 0. The Balaban J connectivity index is 2.18. The fourth-order valence-electron chi connectivity index (χ4n) is 2.20. The van der Waals surface area contributed by atoms with Gasteiger partial charge >= 0.3 is 6.09 Å². The smallest absolute Gasteiger partial charge is 0.318 e. The topological polar surface area (TPSA) is 58.6 Å². The molecule has 2 aromatic carbocycles. The number of hydrogen-bond acceptors (Lipinski definition) is 3. The number of anilines is 1. The summed E-state index contributed by atoms with van der Waals surface area (Å²) in [6.07, 6.45) is -0.773. The Morgan fingerprint density at radius 1 is 1.11 bits per heavy atom. The van der Waals surface area contributed by atoms with Crippen molar-refractivity contribution in [1.29, 1.82) is 0 Å². The summed E-state index contributed by atoms with van der Waals surface area (Å²) >= 11 is 12.1. The number of amides is 2. The summed E-state index contributed by atoms with van der Waals surface area (Å²) in [5.41, 5.74) is 1.37. The van der Waals surface area contributed by atoms with Crippen molar-refractivity contribution in [3.05, 3.63) is 64.7 Å². The van der Waals surface area contributed by atoms with Gasteiger partial charge in [0.05, 0.1) is 12.0 Å². The first-order valence-electron chi connectivity index (χ1n) is 8.40. The van der Waals surface area contributed by atoms with E-state index in [1.54, 1.807) is 50.2 Å². The van der Waals surface area contributed by atoms with E-state index in [0.717, 1.165) is 10.6 Å². The Morgan fingerprint density at radius 3 is 2.33 bits per heavy atom. The lowest BCUT2D eigenvalue weighted by Crippen LogP contribution is -2.43. The maximum atomic E-state index is 12.8. The van der Waals surface area contributed by atoms with Gasteiger partial charge in [-0.15, -0.1) is 11.6 Å². The van der Waals surface area contributed by atoms with Crippen molar-refractivity contribution in [3.63, 3.8) is 0 Å².